The van der Waals surface area contributed by atoms with Gasteiger partial charge in [-0.25, -0.2) is 8.78 Å². The number of Topliss-reactive ketones (excluding diaryl/α,β-unsaturated/α-hetero) is 1. The number of esters is 1. The van der Waals surface area contributed by atoms with E-state index in [1.54, 1.807) is 6.92 Å². The van der Waals surface area contributed by atoms with Crippen molar-refractivity contribution in [2.75, 3.05) is 6.61 Å². The number of rotatable bonds is 7. The molecular weight excluding hydrogens is 254 g/mol. The van der Waals surface area contributed by atoms with Crippen molar-refractivity contribution in [1.29, 1.82) is 0 Å². The van der Waals surface area contributed by atoms with Gasteiger partial charge in [-0.1, -0.05) is 6.07 Å². The monoisotopic (exact) mass is 270 g/mol. The summed E-state index contributed by atoms with van der Waals surface area (Å²) in [7, 11) is 0. The Kier molecular flexibility index (Phi) is 6.12. The molecule has 0 heterocycles. The van der Waals surface area contributed by atoms with Gasteiger partial charge in [0.05, 0.1) is 13.0 Å². The zero-order chi connectivity index (χ0) is 14.3. The van der Waals surface area contributed by atoms with Gasteiger partial charge in [0.1, 0.15) is 5.78 Å². The molecule has 0 aliphatic carbocycles. The largest absolute Gasteiger partial charge is 0.466 e. The van der Waals surface area contributed by atoms with Gasteiger partial charge in [-0.2, -0.15) is 0 Å². The van der Waals surface area contributed by atoms with E-state index in [1.165, 1.54) is 6.07 Å². The van der Waals surface area contributed by atoms with Gasteiger partial charge in [0.25, 0.3) is 0 Å². The molecule has 0 bridgehead atoms. The Morgan fingerprint density at radius 1 is 1.11 bits per heavy atom. The molecule has 1 rings (SSSR count). The van der Waals surface area contributed by atoms with Crippen LogP contribution in [0.15, 0.2) is 18.2 Å². The first kappa shape index (κ1) is 15.3. The van der Waals surface area contributed by atoms with Crippen molar-refractivity contribution in [3.8, 4) is 0 Å². The number of ketones is 1. The predicted molar refractivity (Wildman–Crippen MR) is 65.6 cm³/mol. The maximum Gasteiger partial charge on any atom is 0.306 e. The molecule has 5 heteroatoms. The molecule has 0 aliphatic rings. The van der Waals surface area contributed by atoms with E-state index in [1.807, 2.05) is 0 Å². The Balaban J connectivity index is 2.33. The number of carbonyl (C=O) groups is 2. The third-order valence-corrected chi connectivity index (χ3v) is 2.59. The van der Waals surface area contributed by atoms with E-state index in [4.69, 9.17) is 4.74 Å². The highest BCUT2D eigenvalue weighted by Gasteiger charge is 2.09. The molecule has 0 fully saturated rings. The first-order valence-electron chi connectivity index (χ1n) is 6.14. The van der Waals surface area contributed by atoms with Gasteiger partial charge in [-0.05, 0) is 31.0 Å². The van der Waals surface area contributed by atoms with Crippen LogP contribution in [0.4, 0.5) is 8.78 Å². The molecule has 0 radical (unpaired) electrons. The normalized spacial score (nSPS) is 10.3. The Bertz CT molecular complexity index is 458. The highest BCUT2D eigenvalue weighted by Crippen LogP contribution is 2.11. The lowest BCUT2D eigenvalue weighted by Crippen LogP contribution is -2.08. The number of ether oxygens (including phenoxy) is 1. The highest BCUT2D eigenvalue weighted by molar-refractivity contribution is 5.83. The maximum atomic E-state index is 12.9. The number of halogens is 2. The van der Waals surface area contributed by atoms with Crippen molar-refractivity contribution in [3.05, 3.63) is 35.4 Å². The third kappa shape index (κ3) is 5.59. The van der Waals surface area contributed by atoms with Gasteiger partial charge < -0.3 is 4.74 Å². The van der Waals surface area contributed by atoms with Crippen molar-refractivity contribution in [3.63, 3.8) is 0 Å². The van der Waals surface area contributed by atoms with Gasteiger partial charge in [0.15, 0.2) is 11.6 Å². The van der Waals surface area contributed by atoms with E-state index < -0.39 is 17.6 Å². The molecule has 0 amide bonds. The minimum absolute atomic E-state index is 0.0600. The summed E-state index contributed by atoms with van der Waals surface area (Å²) in [5.74, 6) is -2.32. The molecule has 19 heavy (non-hydrogen) atoms. The smallest absolute Gasteiger partial charge is 0.306 e. The fourth-order valence-corrected chi connectivity index (χ4v) is 1.58. The van der Waals surface area contributed by atoms with Crippen molar-refractivity contribution in [2.45, 2.75) is 32.6 Å². The summed E-state index contributed by atoms with van der Waals surface area (Å²) in [5.41, 5.74) is 0.559. The lowest BCUT2D eigenvalue weighted by Gasteiger charge is -2.03. The van der Waals surface area contributed by atoms with Crippen LogP contribution in [0.3, 0.4) is 0 Å². The Labute approximate surface area is 110 Å². The zero-order valence-corrected chi connectivity index (χ0v) is 10.7. The van der Waals surface area contributed by atoms with Crippen molar-refractivity contribution in [2.24, 2.45) is 0 Å². The topological polar surface area (TPSA) is 43.4 Å². The van der Waals surface area contributed by atoms with E-state index in [0.717, 1.165) is 12.1 Å². The van der Waals surface area contributed by atoms with Gasteiger partial charge in [-0.3, -0.25) is 9.59 Å². The fraction of sp³-hybridized carbons (Fsp3) is 0.429. The maximum absolute atomic E-state index is 12.9. The van der Waals surface area contributed by atoms with E-state index in [0.29, 0.717) is 18.6 Å². The van der Waals surface area contributed by atoms with Crippen molar-refractivity contribution < 1.29 is 23.1 Å². The second-order valence-electron chi connectivity index (χ2n) is 4.09. The Morgan fingerprint density at radius 2 is 1.84 bits per heavy atom. The summed E-state index contributed by atoms with van der Waals surface area (Å²) in [6.45, 7) is 1.99. The average Bonchev–Trinajstić information content (AvgIpc) is 2.38. The minimum atomic E-state index is -0.920. The molecule has 0 N–H and O–H groups in total. The number of hydrogen-bond donors (Lipinski definition) is 0. The van der Waals surface area contributed by atoms with E-state index >= 15 is 0 Å². The zero-order valence-electron chi connectivity index (χ0n) is 10.7. The third-order valence-electron chi connectivity index (χ3n) is 2.59. The average molecular weight is 270 g/mol. The van der Waals surface area contributed by atoms with Crippen molar-refractivity contribution >= 4 is 11.8 Å². The standard InChI is InChI=1S/C14H16F2O3/c1-2-19-14(18)8-6-11(17)5-3-10-4-7-12(15)13(16)9-10/h4,7,9H,2-3,5-6,8H2,1H3. The second-order valence-corrected chi connectivity index (χ2v) is 4.09. The number of carbonyl (C=O) groups excluding carboxylic acids is 2. The summed E-state index contributed by atoms with van der Waals surface area (Å²) >= 11 is 0. The first-order chi connectivity index (χ1) is 9.02. The molecular formula is C14H16F2O3. The van der Waals surface area contributed by atoms with Gasteiger partial charge in [0.2, 0.25) is 0 Å². The summed E-state index contributed by atoms with van der Waals surface area (Å²) in [6, 6.07) is 3.55. The molecule has 3 nitrogen and oxygen atoms in total. The lowest BCUT2D eigenvalue weighted by molar-refractivity contribution is -0.144. The van der Waals surface area contributed by atoms with Crippen LogP contribution in [0.5, 0.6) is 0 Å². The quantitative estimate of drug-likeness (QED) is 0.715. The van der Waals surface area contributed by atoms with Gasteiger partial charge >= 0.3 is 5.97 Å². The molecule has 0 spiro atoms. The van der Waals surface area contributed by atoms with E-state index in [2.05, 4.69) is 0 Å². The predicted octanol–water partition coefficient (Wildman–Crippen LogP) is 2.81. The number of hydrogen-bond acceptors (Lipinski definition) is 3. The molecule has 0 atom stereocenters. The van der Waals surface area contributed by atoms with Gasteiger partial charge in [0, 0.05) is 12.8 Å². The molecule has 0 aromatic heterocycles. The van der Waals surface area contributed by atoms with Crippen LogP contribution in [0, 0.1) is 11.6 Å². The molecule has 104 valence electrons. The summed E-state index contributed by atoms with van der Waals surface area (Å²) < 4.78 is 30.3. The van der Waals surface area contributed by atoms with Crippen LogP contribution in [0.1, 0.15) is 31.7 Å². The molecule has 1 aromatic carbocycles. The van der Waals surface area contributed by atoms with Crippen molar-refractivity contribution in [1.82, 2.24) is 0 Å². The fourth-order valence-electron chi connectivity index (χ4n) is 1.58. The van der Waals surface area contributed by atoms with Crippen LogP contribution in [0.25, 0.3) is 0 Å². The number of aryl methyl sites for hydroxylation is 1. The van der Waals surface area contributed by atoms with Gasteiger partial charge in [-0.15, -0.1) is 0 Å². The second kappa shape index (κ2) is 7.61. The Hall–Kier alpha value is -1.78. The van der Waals surface area contributed by atoms with E-state index in [9.17, 15) is 18.4 Å². The lowest BCUT2D eigenvalue weighted by atomic mass is 10.0. The summed E-state index contributed by atoms with van der Waals surface area (Å²) in [5, 5.41) is 0. The molecule has 0 saturated carbocycles. The van der Waals surface area contributed by atoms with Crippen LogP contribution in [-0.4, -0.2) is 18.4 Å². The van der Waals surface area contributed by atoms with Crippen LogP contribution >= 0.6 is 0 Å². The summed E-state index contributed by atoms with van der Waals surface area (Å²) in [4.78, 5) is 22.5. The Morgan fingerprint density at radius 3 is 2.47 bits per heavy atom. The van der Waals surface area contributed by atoms with Crippen LogP contribution < -0.4 is 0 Å². The molecule has 0 unspecified atom stereocenters. The first-order valence-corrected chi connectivity index (χ1v) is 6.14. The van der Waals surface area contributed by atoms with E-state index in [-0.39, 0.29) is 25.0 Å². The summed E-state index contributed by atoms with van der Waals surface area (Å²) in [6.07, 6.45) is 0.705. The highest BCUT2D eigenvalue weighted by atomic mass is 19.2. The molecule has 0 saturated heterocycles. The molecule has 0 aliphatic heterocycles. The SMILES string of the molecule is CCOC(=O)CCC(=O)CCc1ccc(F)c(F)c1. The van der Waals surface area contributed by atoms with Crippen LogP contribution in [-0.2, 0) is 20.7 Å². The molecule has 1 aromatic rings. The van der Waals surface area contributed by atoms with Crippen LogP contribution in [0.2, 0.25) is 0 Å². The minimum Gasteiger partial charge on any atom is -0.466 e. The number of benzene rings is 1.